The third kappa shape index (κ3) is 1.50. The van der Waals surface area contributed by atoms with E-state index in [0.29, 0.717) is 0 Å². The molecule has 0 bridgehead atoms. The van der Waals surface area contributed by atoms with Crippen molar-refractivity contribution in [1.29, 1.82) is 0 Å². The highest BCUT2D eigenvalue weighted by atomic mass is 32.1. The molecule has 0 unspecified atom stereocenters. The molecule has 1 rings (SSSR count). The molecule has 3 heteroatoms. The lowest BCUT2D eigenvalue weighted by Crippen LogP contribution is -2.27. The van der Waals surface area contributed by atoms with Crippen molar-refractivity contribution in [2.24, 2.45) is 0 Å². The van der Waals surface area contributed by atoms with E-state index in [-0.39, 0.29) is 0 Å². The van der Waals surface area contributed by atoms with Crippen LogP contribution in [-0.4, -0.2) is 11.1 Å². The van der Waals surface area contributed by atoms with Crippen LogP contribution in [0.15, 0.2) is 11.4 Å². The van der Waals surface area contributed by atoms with E-state index in [9.17, 15) is 4.79 Å². The van der Waals surface area contributed by atoms with Crippen LogP contribution in [0.1, 0.15) is 24.3 Å². The Hall–Kier alpha value is -0.830. The second kappa shape index (κ2) is 2.90. The quantitative estimate of drug-likeness (QED) is 0.766. The summed E-state index contributed by atoms with van der Waals surface area (Å²) < 4.78 is 0. The Bertz CT molecular complexity index is 299. The van der Waals surface area contributed by atoms with Crippen LogP contribution in [0.25, 0.3) is 0 Å². The molecule has 0 saturated heterocycles. The first-order chi connectivity index (χ1) is 5.44. The molecule has 0 fully saturated rings. The molecule has 0 aromatic carbocycles. The minimum Gasteiger partial charge on any atom is -0.481 e. The zero-order valence-electron chi connectivity index (χ0n) is 7.42. The van der Waals surface area contributed by atoms with Gasteiger partial charge in [-0.3, -0.25) is 4.79 Å². The Balaban J connectivity index is 3.05. The van der Waals surface area contributed by atoms with Crippen LogP contribution in [-0.2, 0) is 10.2 Å². The van der Waals surface area contributed by atoms with E-state index in [1.807, 2.05) is 18.4 Å². The smallest absolute Gasteiger partial charge is 0.314 e. The van der Waals surface area contributed by atoms with E-state index in [2.05, 4.69) is 0 Å². The van der Waals surface area contributed by atoms with Crippen LogP contribution in [0.4, 0.5) is 0 Å². The Labute approximate surface area is 75.9 Å². The molecule has 66 valence electrons. The first kappa shape index (κ1) is 9.26. The van der Waals surface area contributed by atoms with Crippen LogP contribution >= 0.6 is 11.3 Å². The van der Waals surface area contributed by atoms with Gasteiger partial charge in [0.25, 0.3) is 0 Å². The monoisotopic (exact) mass is 184 g/mol. The summed E-state index contributed by atoms with van der Waals surface area (Å²) in [5.74, 6) is -0.774. The fraction of sp³-hybridized carbons (Fsp3) is 0.444. The molecule has 1 N–H and O–H groups in total. The van der Waals surface area contributed by atoms with Crippen LogP contribution in [0.3, 0.4) is 0 Å². The van der Waals surface area contributed by atoms with Gasteiger partial charge in [-0.1, -0.05) is 0 Å². The molecule has 2 nitrogen and oxygen atoms in total. The minimum atomic E-state index is -0.774. The highest BCUT2D eigenvalue weighted by Crippen LogP contribution is 2.29. The van der Waals surface area contributed by atoms with E-state index in [0.717, 1.165) is 10.4 Å². The summed E-state index contributed by atoms with van der Waals surface area (Å²) in [6, 6.07) is 1.93. The molecule has 0 atom stereocenters. The van der Waals surface area contributed by atoms with Gasteiger partial charge in [-0.25, -0.2) is 0 Å². The van der Waals surface area contributed by atoms with Gasteiger partial charge >= 0.3 is 5.97 Å². The standard InChI is InChI=1S/C9H12O2S/c1-6-4-7(12-5-6)9(2,3)8(10)11/h4-5H,1-3H3,(H,10,11). The lowest BCUT2D eigenvalue weighted by Gasteiger charge is -2.16. The van der Waals surface area contributed by atoms with Crippen molar-refractivity contribution in [3.63, 3.8) is 0 Å². The normalized spacial score (nSPS) is 11.6. The van der Waals surface area contributed by atoms with Gasteiger partial charge in [0.05, 0.1) is 5.41 Å². The summed E-state index contributed by atoms with van der Waals surface area (Å²) in [4.78, 5) is 11.7. The number of carbonyl (C=O) groups is 1. The number of rotatable bonds is 2. The summed E-state index contributed by atoms with van der Waals surface area (Å²) in [5, 5.41) is 10.9. The molecular formula is C9H12O2S. The van der Waals surface area contributed by atoms with Crippen molar-refractivity contribution in [1.82, 2.24) is 0 Å². The summed E-state index contributed by atoms with van der Waals surface area (Å²) in [6.07, 6.45) is 0. The second-order valence-corrected chi connectivity index (χ2v) is 4.33. The number of aryl methyl sites for hydroxylation is 1. The fourth-order valence-corrected chi connectivity index (χ4v) is 1.88. The highest BCUT2D eigenvalue weighted by molar-refractivity contribution is 7.10. The zero-order chi connectivity index (χ0) is 9.35. The molecule has 0 aliphatic heterocycles. The van der Waals surface area contributed by atoms with Gasteiger partial charge in [-0.15, -0.1) is 11.3 Å². The van der Waals surface area contributed by atoms with E-state index < -0.39 is 11.4 Å². The Kier molecular flexibility index (Phi) is 2.24. The van der Waals surface area contributed by atoms with Crippen LogP contribution < -0.4 is 0 Å². The first-order valence-electron chi connectivity index (χ1n) is 3.73. The molecular weight excluding hydrogens is 172 g/mol. The third-order valence-electron chi connectivity index (χ3n) is 1.88. The third-order valence-corrected chi connectivity index (χ3v) is 3.25. The number of aliphatic carboxylic acids is 1. The van der Waals surface area contributed by atoms with E-state index >= 15 is 0 Å². The van der Waals surface area contributed by atoms with Gasteiger partial charge in [0.1, 0.15) is 0 Å². The summed E-state index contributed by atoms with van der Waals surface area (Å²) in [6.45, 7) is 5.42. The number of carboxylic acids is 1. The second-order valence-electron chi connectivity index (χ2n) is 3.42. The predicted octanol–water partition coefficient (Wildman–Crippen LogP) is 2.42. The number of thiophene rings is 1. The molecule has 0 aliphatic rings. The summed E-state index contributed by atoms with van der Waals surface area (Å²) in [5.41, 5.74) is 0.378. The van der Waals surface area contributed by atoms with Crippen LogP contribution in [0, 0.1) is 6.92 Å². The SMILES string of the molecule is Cc1csc(C(C)(C)C(=O)O)c1. The maximum atomic E-state index is 10.8. The van der Waals surface area contributed by atoms with Crippen molar-refractivity contribution in [3.05, 3.63) is 21.9 Å². The number of hydrogen-bond donors (Lipinski definition) is 1. The average molecular weight is 184 g/mol. The molecule has 0 radical (unpaired) electrons. The molecule has 0 spiro atoms. The van der Waals surface area contributed by atoms with Crippen LogP contribution in [0.2, 0.25) is 0 Å². The largest absolute Gasteiger partial charge is 0.481 e. The highest BCUT2D eigenvalue weighted by Gasteiger charge is 2.30. The Morgan fingerprint density at radius 3 is 2.50 bits per heavy atom. The van der Waals surface area contributed by atoms with E-state index in [1.54, 1.807) is 13.8 Å². The topological polar surface area (TPSA) is 37.3 Å². The minimum absolute atomic E-state index is 0.751. The summed E-state index contributed by atoms with van der Waals surface area (Å²) in [7, 11) is 0. The van der Waals surface area contributed by atoms with E-state index in [1.165, 1.54) is 11.3 Å². The predicted molar refractivity (Wildman–Crippen MR) is 49.7 cm³/mol. The van der Waals surface area contributed by atoms with Crippen molar-refractivity contribution in [2.45, 2.75) is 26.2 Å². The van der Waals surface area contributed by atoms with Crippen molar-refractivity contribution < 1.29 is 9.90 Å². The van der Waals surface area contributed by atoms with Gasteiger partial charge in [-0.2, -0.15) is 0 Å². The molecule has 1 aromatic heterocycles. The maximum Gasteiger partial charge on any atom is 0.314 e. The molecule has 1 heterocycles. The Morgan fingerprint density at radius 1 is 1.58 bits per heavy atom. The van der Waals surface area contributed by atoms with Gasteiger partial charge < -0.3 is 5.11 Å². The molecule has 0 saturated carbocycles. The van der Waals surface area contributed by atoms with Crippen molar-refractivity contribution >= 4 is 17.3 Å². The lowest BCUT2D eigenvalue weighted by molar-refractivity contribution is -0.142. The molecule has 1 aromatic rings. The van der Waals surface area contributed by atoms with Crippen molar-refractivity contribution in [2.75, 3.05) is 0 Å². The van der Waals surface area contributed by atoms with Crippen LogP contribution in [0.5, 0.6) is 0 Å². The zero-order valence-corrected chi connectivity index (χ0v) is 8.23. The average Bonchev–Trinajstić information content (AvgIpc) is 2.35. The van der Waals surface area contributed by atoms with Gasteiger partial charge in [0, 0.05) is 4.88 Å². The molecule has 0 amide bonds. The van der Waals surface area contributed by atoms with Gasteiger partial charge in [-0.05, 0) is 37.8 Å². The van der Waals surface area contributed by atoms with E-state index in [4.69, 9.17) is 5.11 Å². The molecule has 12 heavy (non-hydrogen) atoms. The fourth-order valence-electron chi connectivity index (χ4n) is 0.864. The first-order valence-corrected chi connectivity index (χ1v) is 4.61. The van der Waals surface area contributed by atoms with Gasteiger partial charge in [0.2, 0.25) is 0 Å². The Morgan fingerprint density at radius 2 is 2.17 bits per heavy atom. The summed E-state index contributed by atoms with van der Waals surface area (Å²) >= 11 is 1.50. The molecule has 0 aliphatic carbocycles. The maximum absolute atomic E-state index is 10.8. The van der Waals surface area contributed by atoms with Gasteiger partial charge in [0.15, 0.2) is 0 Å². The number of carboxylic acid groups (broad SMARTS) is 1. The number of hydrogen-bond acceptors (Lipinski definition) is 2. The lowest BCUT2D eigenvalue weighted by atomic mass is 9.91. The van der Waals surface area contributed by atoms with Crippen molar-refractivity contribution in [3.8, 4) is 0 Å².